The lowest BCUT2D eigenvalue weighted by molar-refractivity contribution is -0.117. The van der Waals surface area contributed by atoms with E-state index in [-0.39, 0.29) is 18.1 Å². The fourth-order valence-electron chi connectivity index (χ4n) is 4.01. The first kappa shape index (κ1) is 19.9. The third kappa shape index (κ3) is 5.33. The molecule has 2 aliphatic heterocycles. The molecule has 2 fully saturated rings. The molecule has 2 saturated heterocycles. The molecule has 26 heavy (non-hydrogen) atoms. The van der Waals surface area contributed by atoms with Crippen LogP contribution in [-0.2, 0) is 9.53 Å². The molecule has 0 radical (unpaired) electrons. The van der Waals surface area contributed by atoms with Crippen LogP contribution in [0.25, 0.3) is 0 Å². The smallest absolute Gasteiger partial charge is 0.238 e. The first-order valence-corrected chi connectivity index (χ1v) is 10.0. The molecule has 1 N–H and O–H groups in total. The summed E-state index contributed by atoms with van der Waals surface area (Å²) in [4.78, 5) is 17.2. The van der Waals surface area contributed by atoms with Gasteiger partial charge in [-0.2, -0.15) is 0 Å². The molecule has 0 spiro atoms. The predicted molar refractivity (Wildman–Crippen MR) is 106 cm³/mol. The molecule has 1 amide bonds. The lowest BCUT2D eigenvalue weighted by Crippen LogP contribution is -2.50. The van der Waals surface area contributed by atoms with Crippen molar-refractivity contribution in [2.75, 3.05) is 38.0 Å². The normalized spacial score (nSPS) is 27.6. The fraction of sp³-hybridized carbons (Fsp3) is 0.632. The van der Waals surface area contributed by atoms with E-state index >= 15 is 0 Å². The van der Waals surface area contributed by atoms with Crippen molar-refractivity contribution in [1.82, 2.24) is 9.80 Å². The average Bonchev–Trinajstić information content (AvgIpc) is 2.96. The van der Waals surface area contributed by atoms with Crippen LogP contribution in [0, 0.1) is 0 Å². The van der Waals surface area contributed by atoms with Crippen molar-refractivity contribution in [1.29, 1.82) is 0 Å². The number of nitrogens with one attached hydrogen (secondary N) is 1. The van der Waals surface area contributed by atoms with Crippen LogP contribution in [-0.4, -0.2) is 66.7 Å². The zero-order chi connectivity index (χ0) is 18.7. The van der Waals surface area contributed by atoms with E-state index in [4.69, 9.17) is 27.9 Å². The number of amides is 1. The Morgan fingerprint density at radius 3 is 2.73 bits per heavy atom. The number of ether oxygens (including phenoxy) is 1. The summed E-state index contributed by atoms with van der Waals surface area (Å²) in [6.07, 6.45) is 2.79. The summed E-state index contributed by atoms with van der Waals surface area (Å²) in [5.41, 5.74) is 0.566. The van der Waals surface area contributed by atoms with Gasteiger partial charge in [-0.15, -0.1) is 0 Å². The highest BCUT2D eigenvalue weighted by Gasteiger charge is 2.30. The minimum atomic E-state index is -0.0511. The van der Waals surface area contributed by atoms with Gasteiger partial charge in [0.2, 0.25) is 5.91 Å². The van der Waals surface area contributed by atoms with Crippen LogP contribution in [0.1, 0.15) is 26.7 Å². The Balaban J connectivity index is 1.54. The van der Waals surface area contributed by atoms with Crippen molar-refractivity contribution >= 4 is 34.8 Å². The Kier molecular flexibility index (Phi) is 6.81. The minimum absolute atomic E-state index is 0.0511. The predicted octanol–water partition coefficient (Wildman–Crippen LogP) is 3.51. The number of benzene rings is 1. The lowest BCUT2D eigenvalue weighted by Gasteiger charge is -2.38. The summed E-state index contributed by atoms with van der Waals surface area (Å²) >= 11 is 12.1. The molecule has 2 aliphatic rings. The first-order chi connectivity index (χ1) is 12.4. The maximum absolute atomic E-state index is 12.5. The molecule has 0 bridgehead atoms. The monoisotopic (exact) mass is 399 g/mol. The molecule has 144 valence electrons. The van der Waals surface area contributed by atoms with Crippen LogP contribution in [0.5, 0.6) is 0 Å². The number of hydrogen-bond donors (Lipinski definition) is 1. The molecular formula is C19H27Cl2N3O2. The van der Waals surface area contributed by atoms with Gasteiger partial charge in [0.25, 0.3) is 0 Å². The second-order valence-electron chi connectivity index (χ2n) is 7.41. The second-order valence-corrected chi connectivity index (χ2v) is 8.26. The molecule has 3 atom stereocenters. The number of morpholine rings is 1. The van der Waals surface area contributed by atoms with Gasteiger partial charge in [0.1, 0.15) is 0 Å². The van der Waals surface area contributed by atoms with Gasteiger partial charge in [0.05, 0.1) is 29.5 Å². The number of nitrogens with zero attached hydrogens (tertiary/aromatic N) is 2. The number of carbonyl (C=O) groups is 1. The molecule has 0 aliphatic carbocycles. The van der Waals surface area contributed by atoms with E-state index in [0.717, 1.165) is 39.0 Å². The molecule has 3 rings (SSSR count). The van der Waals surface area contributed by atoms with Gasteiger partial charge in [0.15, 0.2) is 0 Å². The van der Waals surface area contributed by atoms with Crippen molar-refractivity contribution in [3.63, 3.8) is 0 Å². The Labute approximate surface area is 165 Å². The van der Waals surface area contributed by atoms with Gasteiger partial charge in [-0.1, -0.05) is 23.2 Å². The van der Waals surface area contributed by atoms with Gasteiger partial charge in [-0.3, -0.25) is 14.6 Å². The van der Waals surface area contributed by atoms with E-state index in [1.807, 2.05) is 0 Å². The van der Waals surface area contributed by atoms with Crippen LogP contribution in [0.4, 0.5) is 5.69 Å². The van der Waals surface area contributed by atoms with Crippen LogP contribution in [0.15, 0.2) is 18.2 Å². The summed E-state index contributed by atoms with van der Waals surface area (Å²) in [7, 11) is 0. The first-order valence-electron chi connectivity index (χ1n) is 9.27. The summed E-state index contributed by atoms with van der Waals surface area (Å²) in [6, 6.07) is 5.49. The number of rotatable bonds is 5. The zero-order valence-electron chi connectivity index (χ0n) is 15.4. The molecule has 0 saturated carbocycles. The third-order valence-corrected chi connectivity index (χ3v) is 5.58. The van der Waals surface area contributed by atoms with E-state index < -0.39 is 0 Å². The summed E-state index contributed by atoms with van der Waals surface area (Å²) < 4.78 is 5.82. The largest absolute Gasteiger partial charge is 0.373 e. The van der Waals surface area contributed by atoms with Gasteiger partial charge < -0.3 is 10.1 Å². The molecule has 7 heteroatoms. The van der Waals surface area contributed by atoms with Crippen LogP contribution in [0.2, 0.25) is 10.0 Å². The lowest BCUT2D eigenvalue weighted by atomic mass is 10.1. The SMILES string of the molecule is CC1CN(CC2CCCN2CC(=O)Nc2cc(Cl)ccc2Cl)CC(C)O1. The number of carbonyl (C=O) groups excluding carboxylic acids is 1. The van der Waals surface area contributed by atoms with Crippen molar-refractivity contribution in [3.05, 3.63) is 28.2 Å². The maximum Gasteiger partial charge on any atom is 0.238 e. The van der Waals surface area contributed by atoms with Crippen LogP contribution in [0.3, 0.4) is 0 Å². The molecule has 1 aromatic rings. The van der Waals surface area contributed by atoms with E-state index in [0.29, 0.717) is 28.3 Å². The van der Waals surface area contributed by atoms with E-state index in [1.165, 1.54) is 0 Å². The summed E-state index contributed by atoms with van der Waals surface area (Å²) in [5.74, 6) is -0.0511. The number of anilines is 1. The summed E-state index contributed by atoms with van der Waals surface area (Å²) in [5, 5.41) is 3.94. The molecule has 3 unspecified atom stereocenters. The molecule has 1 aromatic carbocycles. The molecule has 0 aromatic heterocycles. The van der Waals surface area contributed by atoms with E-state index in [2.05, 4.69) is 29.0 Å². The fourth-order valence-corrected chi connectivity index (χ4v) is 4.35. The van der Waals surface area contributed by atoms with Gasteiger partial charge in [-0.05, 0) is 51.4 Å². The maximum atomic E-state index is 12.5. The van der Waals surface area contributed by atoms with Crippen LogP contribution < -0.4 is 5.32 Å². The highest BCUT2D eigenvalue weighted by Crippen LogP contribution is 2.26. The number of likely N-dealkylation sites (tertiary alicyclic amines) is 1. The van der Waals surface area contributed by atoms with Crippen molar-refractivity contribution < 1.29 is 9.53 Å². The third-order valence-electron chi connectivity index (χ3n) is 5.01. The Bertz CT molecular complexity index is 633. The van der Waals surface area contributed by atoms with Gasteiger partial charge in [-0.25, -0.2) is 0 Å². The average molecular weight is 400 g/mol. The van der Waals surface area contributed by atoms with Gasteiger partial charge in [0, 0.05) is 30.7 Å². The van der Waals surface area contributed by atoms with Crippen molar-refractivity contribution in [2.24, 2.45) is 0 Å². The Morgan fingerprint density at radius 1 is 1.27 bits per heavy atom. The Morgan fingerprint density at radius 2 is 2.00 bits per heavy atom. The van der Waals surface area contributed by atoms with E-state index in [1.54, 1.807) is 18.2 Å². The standard InChI is InChI=1S/C19H27Cl2N3O2/c1-13-9-23(10-14(2)26-13)11-16-4-3-7-24(16)12-19(25)22-18-8-15(20)5-6-17(18)21/h5-6,8,13-14,16H,3-4,7,9-12H2,1-2H3,(H,22,25). The second kappa shape index (κ2) is 8.89. The minimum Gasteiger partial charge on any atom is -0.373 e. The van der Waals surface area contributed by atoms with E-state index in [9.17, 15) is 4.79 Å². The molecule has 2 heterocycles. The van der Waals surface area contributed by atoms with Crippen LogP contribution >= 0.6 is 23.2 Å². The highest BCUT2D eigenvalue weighted by molar-refractivity contribution is 6.35. The zero-order valence-corrected chi connectivity index (χ0v) is 16.9. The quantitative estimate of drug-likeness (QED) is 0.822. The van der Waals surface area contributed by atoms with Gasteiger partial charge >= 0.3 is 0 Å². The highest BCUT2D eigenvalue weighted by atomic mass is 35.5. The van der Waals surface area contributed by atoms with Crippen molar-refractivity contribution in [3.8, 4) is 0 Å². The van der Waals surface area contributed by atoms with Crippen molar-refractivity contribution in [2.45, 2.75) is 44.9 Å². The number of hydrogen-bond acceptors (Lipinski definition) is 4. The molecule has 5 nitrogen and oxygen atoms in total. The topological polar surface area (TPSA) is 44.8 Å². The molecular weight excluding hydrogens is 373 g/mol. The summed E-state index contributed by atoms with van der Waals surface area (Å²) in [6.45, 7) is 8.48. The number of halogens is 2. The Hall–Kier alpha value is -0.850.